The van der Waals surface area contributed by atoms with Gasteiger partial charge >= 0.3 is 0 Å². The van der Waals surface area contributed by atoms with Crippen LogP contribution in [0.3, 0.4) is 0 Å². The van der Waals surface area contributed by atoms with Gasteiger partial charge in [0.1, 0.15) is 12.2 Å². The molecule has 2 aromatic heterocycles. The molecule has 2 heterocycles. The lowest BCUT2D eigenvalue weighted by Crippen LogP contribution is -2.54. The van der Waals surface area contributed by atoms with Crippen molar-refractivity contribution in [2.24, 2.45) is 0 Å². The molecule has 0 radical (unpaired) electrons. The Kier molecular flexibility index (Phi) is 10.3. The van der Waals surface area contributed by atoms with E-state index in [0.29, 0.717) is 42.9 Å². The average Bonchev–Trinajstić information content (AvgIpc) is 3.74. The number of nitrogens with one attached hydrogen (secondary N) is 1. The first-order valence-corrected chi connectivity index (χ1v) is 15.2. The van der Waals surface area contributed by atoms with Gasteiger partial charge < -0.3 is 48.6 Å². The summed E-state index contributed by atoms with van der Waals surface area (Å²) in [6.07, 6.45) is 2.04. The van der Waals surface area contributed by atoms with Gasteiger partial charge in [0.15, 0.2) is 28.6 Å². The van der Waals surface area contributed by atoms with Crippen LogP contribution in [0.5, 0.6) is 17.2 Å². The SMILES string of the molecule is COc1cc(CO)cc(I)c1OC1C=C(C(=O)NCCO)CC(N(Cc2ccoc2)C(=O)c2cc3cccc(OC)c3o2)C1O. The predicted molar refractivity (Wildman–Crippen MR) is 170 cm³/mol. The highest BCUT2D eigenvalue weighted by Gasteiger charge is 2.42. The van der Waals surface area contributed by atoms with E-state index >= 15 is 0 Å². The molecule has 5 rings (SSSR count). The Morgan fingerprint density at radius 3 is 2.58 bits per heavy atom. The van der Waals surface area contributed by atoms with Crippen molar-refractivity contribution < 1.29 is 48.0 Å². The number of halogens is 1. The topological polar surface area (TPSA) is 164 Å². The number of benzene rings is 2. The summed E-state index contributed by atoms with van der Waals surface area (Å²) in [5.74, 6) is 0.0793. The quantitative estimate of drug-likeness (QED) is 0.159. The minimum atomic E-state index is -1.31. The van der Waals surface area contributed by atoms with Crippen LogP contribution in [0.15, 0.2) is 75.5 Å². The van der Waals surface area contributed by atoms with Crippen LogP contribution in [-0.4, -0.2) is 77.7 Å². The molecule has 4 aromatic rings. The Morgan fingerprint density at radius 2 is 1.89 bits per heavy atom. The van der Waals surface area contributed by atoms with Gasteiger partial charge in [0.2, 0.25) is 5.91 Å². The van der Waals surface area contributed by atoms with Crippen LogP contribution < -0.4 is 19.5 Å². The molecular formula is C32H33IN2O10. The predicted octanol–water partition coefficient (Wildman–Crippen LogP) is 3.40. The number of nitrogens with zero attached hydrogens (tertiary/aromatic N) is 1. The lowest BCUT2D eigenvalue weighted by molar-refractivity contribution is -0.118. The number of carbonyl (C=O) groups is 2. The van der Waals surface area contributed by atoms with Gasteiger partial charge in [-0.05, 0) is 64.6 Å². The summed E-state index contributed by atoms with van der Waals surface area (Å²) >= 11 is 2.04. The van der Waals surface area contributed by atoms with E-state index in [0.717, 1.165) is 0 Å². The van der Waals surface area contributed by atoms with Gasteiger partial charge in [-0.3, -0.25) is 9.59 Å². The lowest BCUT2D eigenvalue weighted by Gasteiger charge is -2.40. The van der Waals surface area contributed by atoms with Gasteiger partial charge in [0.25, 0.3) is 5.91 Å². The second-order valence-corrected chi connectivity index (χ2v) is 11.5. The van der Waals surface area contributed by atoms with E-state index in [2.05, 4.69) is 5.32 Å². The summed E-state index contributed by atoms with van der Waals surface area (Å²) in [6, 6.07) is 11.0. The van der Waals surface area contributed by atoms with Crippen LogP contribution in [0, 0.1) is 3.57 Å². The van der Waals surface area contributed by atoms with E-state index < -0.39 is 30.1 Å². The molecule has 3 unspecified atom stereocenters. The zero-order valence-corrected chi connectivity index (χ0v) is 26.7. The zero-order valence-electron chi connectivity index (χ0n) is 24.6. The minimum absolute atomic E-state index is 0.0132. The number of para-hydroxylation sites is 1. The number of aliphatic hydroxyl groups is 3. The Morgan fingerprint density at radius 1 is 1.09 bits per heavy atom. The van der Waals surface area contributed by atoms with Crippen LogP contribution >= 0.6 is 22.6 Å². The molecule has 1 aliphatic carbocycles. The van der Waals surface area contributed by atoms with Crippen molar-refractivity contribution in [3.8, 4) is 17.2 Å². The Bertz CT molecular complexity index is 1680. The lowest BCUT2D eigenvalue weighted by atomic mass is 9.87. The van der Waals surface area contributed by atoms with Crippen molar-refractivity contribution in [3.05, 3.63) is 87.1 Å². The molecular weight excluding hydrogens is 699 g/mol. The maximum atomic E-state index is 14.2. The molecule has 45 heavy (non-hydrogen) atoms. The maximum Gasteiger partial charge on any atom is 0.290 e. The molecule has 0 saturated carbocycles. The monoisotopic (exact) mass is 732 g/mol. The van der Waals surface area contributed by atoms with Crippen molar-refractivity contribution >= 4 is 45.4 Å². The Hall–Kier alpha value is -4.05. The molecule has 238 valence electrons. The summed E-state index contributed by atoms with van der Waals surface area (Å²) < 4.78 is 29.1. The number of carbonyl (C=O) groups excluding carboxylic acids is 2. The summed E-state index contributed by atoms with van der Waals surface area (Å²) in [6.45, 7) is -0.440. The highest BCUT2D eigenvalue weighted by atomic mass is 127. The second-order valence-electron chi connectivity index (χ2n) is 10.3. The number of hydrogen-bond acceptors (Lipinski definition) is 10. The molecule has 0 spiro atoms. The van der Waals surface area contributed by atoms with Crippen LogP contribution in [0.25, 0.3) is 11.0 Å². The van der Waals surface area contributed by atoms with Gasteiger partial charge in [-0.15, -0.1) is 0 Å². The number of ether oxygens (including phenoxy) is 3. The number of rotatable bonds is 12. The molecule has 0 aliphatic heterocycles. The number of furan rings is 2. The number of amides is 2. The van der Waals surface area contributed by atoms with E-state index in [1.165, 1.54) is 37.7 Å². The molecule has 4 N–H and O–H groups in total. The van der Waals surface area contributed by atoms with Gasteiger partial charge in [-0.25, -0.2) is 0 Å². The molecule has 3 atom stereocenters. The molecule has 1 aliphatic rings. The molecule has 2 amide bonds. The summed E-state index contributed by atoms with van der Waals surface area (Å²) in [5, 5.41) is 34.1. The first-order valence-electron chi connectivity index (χ1n) is 14.1. The Balaban J connectivity index is 1.56. The summed E-state index contributed by atoms with van der Waals surface area (Å²) in [5.41, 5.74) is 1.90. The standard InChI is InChI=1S/C32H33IN2O10/c1-41-24-5-3-4-20-13-27(45-29(20)24)32(40)35(15-18-6-9-43-17-18)23-12-21(31(39)34-7-8-36)14-25(28(23)38)44-30-22(33)10-19(16-37)11-26(30)42-2/h3-6,9-11,13-14,17,23,25,28,36-38H,7-8,12,15-16H2,1-2H3,(H,34,39). The largest absolute Gasteiger partial charge is 0.493 e. The van der Waals surface area contributed by atoms with Gasteiger partial charge in [0.05, 0.1) is 49.6 Å². The fourth-order valence-corrected chi connectivity index (χ4v) is 6.05. The van der Waals surface area contributed by atoms with Gasteiger partial charge in [0, 0.05) is 36.0 Å². The molecule has 12 nitrogen and oxygen atoms in total. The molecule has 13 heteroatoms. The number of methoxy groups -OCH3 is 2. The van der Waals surface area contributed by atoms with Crippen LogP contribution in [-0.2, 0) is 17.9 Å². The summed E-state index contributed by atoms with van der Waals surface area (Å²) in [7, 11) is 2.96. The molecule has 0 bridgehead atoms. The third kappa shape index (κ3) is 6.96. The first-order chi connectivity index (χ1) is 21.8. The normalized spacial score (nSPS) is 17.9. The number of aliphatic hydroxyl groups excluding tert-OH is 3. The van der Waals surface area contributed by atoms with Crippen LogP contribution in [0.1, 0.15) is 28.1 Å². The van der Waals surface area contributed by atoms with E-state index in [9.17, 15) is 24.9 Å². The van der Waals surface area contributed by atoms with E-state index in [1.807, 2.05) is 22.6 Å². The molecule has 0 saturated heterocycles. The van der Waals surface area contributed by atoms with Crippen molar-refractivity contribution in [2.75, 3.05) is 27.4 Å². The summed E-state index contributed by atoms with van der Waals surface area (Å²) in [4.78, 5) is 28.9. The fraction of sp³-hybridized carbons (Fsp3) is 0.312. The van der Waals surface area contributed by atoms with Gasteiger partial charge in [-0.1, -0.05) is 12.1 Å². The fourth-order valence-electron chi connectivity index (χ4n) is 5.26. The van der Waals surface area contributed by atoms with E-state index in [4.69, 9.17) is 23.0 Å². The maximum absolute atomic E-state index is 14.2. The Labute approximate surface area is 272 Å². The minimum Gasteiger partial charge on any atom is -0.493 e. The first kappa shape index (κ1) is 32.3. The third-order valence-electron chi connectivity index (χ3n) is 7.47. The second kappa shape index (κ2) is 14.4. The van der Waals surface area contributed by atoms with Crippen molar-refractivity contribution in [3.63, 3.8) is 0 Å². The average molecular weight is 733 g/mol. The molecule has 0 fully saturated rings. The highest BCUT2D eigenvalue weighted by molar-refractivity contribution is 14.1. The van der Waals surface area contributed by atoms with Crippen LogP contribution in [0.2, 0.25) is 0 Å². The highest BCUT2D eigenvalue weighted by Crippen LogP contribution is 2.38. The van der Waals surface area contributed by atoms with E-state index in [-0.39, 0.29) is 44.1 Å². The number of fused-ring (bicyclic) bond motifs is 1. The smallest absolute Gasteiger partial charge is 0.290 e. The third-order valence-corrected chi connectivity index (χ3v) is 8.27. The van der Waals surface area contributed by atoms with Crippen LogP contribution in [0.4, 0.5) is 0 Å². The van der Waals surface area contributed by atoms with Crippen molar-refractivity contribution in [2.45, 2.75) is 37.8 Å². The zero-order chi connectivity index (χ0) is 32.1. The van der Waals surface area contributed by atoms with E-state index in [1.54, 1.807) is 42.5 Å². The van der Waals surface area contributed by atoms with Gasteiger partial charge in [-0.2, -0.15) is 0 Å². The molecule has 2 aromatic carbocycles. The van der Waals surface area contributed by atoms with Crippen molar-refractivity contribution in [1.29, 1.82) is 0 Å². The number of hydrogen-bond donors (Lipinski definition) is 4. The van der Waals surface area contributed by atoms with Crippen molar-refractivity contribution in [1.82, 2.24) is 10.2 Å².